The molecule has 0 spiro atoms. The van der Waals surface area contributed by atoms with Crippen LogP contribution in [-0.2, 0) is 0 Å². The first kappa shape index (κ1) is 47.0. The zero-order chi connectivity index (χ0) is 44.8. The van der Waals surface area contributed by atoms with Gasteiger partial charge in [0.25, 0.3) is 0 Å². The second-order valence-electron chi connectivity index (χ2n) is 19.4. The lowest BCUT2D eigenvalue weighted by atomic mass is 9.90. The quantitative estimate of drug-likeness (QED) is 0.176. The summed E-state index contributed by atoms with van der Waals surface area (Å²) in [6.07, 6.45) is 11.6. The highest BCUT2D eigenvalue weighted by Crippen LogP contribution is 2.37. The first-order chi connectivity index (χ1) is 32.4. The van der Waals surface area contributed by atoms with Gasteiger partial charge in [0.2, 0.25) is 0 Å². The molecule has 3 unspecified atom stereocenters. The van der Waals surface area contributed by atoms with E-state index >= 15 is 0 Å². The predicted molar refractivity (Wildman–Crippen MR) is 278 cm³/mol. The second kappa shape index (κ2) is 21.9. The molecule has 6 aliphatic heterocycles. The molecule has 9 heteroatoms. The number of ether oxygens (including phenoxy) is 1. The van der Waals surface area contributed by atoms with E-state index in [0.29, 0.717) is 18.2 Å². The Bertz CT molecular complexity index is 2410. The van der Waals surface area contributed by atoms with Gasteiger partial charge in [-0.15, -0.1) is 11.8 Å². The number of carbonyl (C=O) groups is 3. The van der Waals surface area contributed by atoms with Crippen LogP contribution in [0.4, 0.5) is 5.69 Å². The molecule has 67 heavy (non-hydrogen) atoms. The number of Topliss-reactive ketones (excluding diaryl/α,β-unsaturated/α-hetero) is 3. The van der Waals surface area contributed by atoms with Gasteiger partial charge >= 0.3 is 0 Å². The summed E-state index contributed by atoms with van der Waals surface area (Å²) >= 11 is 1.86. The molecular weight excluding hydrogens is 849 g/mol. The number of likely N-dealkylation sites (tertiary alicyclic amines) is 3. The Kier molecular flexibility index (Phi) is 15.4. The fourth-order valence-electron chi connectivity index (χ4n) is 11.0. The van der Waals surface area contributed by atoms with E-state index in [1.54, 1.807) is 0 Å². The minimum Gasteiger partial charge on any atom is -0.492 e. The highest BCUT2D eigenvalue weighted by molar-refractivity contribution is 7.99. The van der Waals surface area contributed by atoms with E-state index in [1.165, 1.54) is 91.9 Å². The third-order valence-electron chi connectivity index (χ3n) is 14.7. The van der Waals surface area contributed by atoms with E-state index in [-0.39, 0.29) is 31.0 Å². The molecule has 0 saturated carbocycles. The highest BCUT2D eigenvalue weighted by Gasteiger charge is 2.33. The van der Waals surface area contributed by atoms with E-state index in [9.17, 15) is 14.4 Å². The summed E-state index contributed by atoms with van der Waals surface area (Å²) < 4.78 is 5.91. The van der Waals surface area contributed by atoms with Crippen LogP contribution < -0.4 is 10.1 Å². The van der Waals surface area contributed by atoms with Gasteiger partial charge in [-0.1, -0.05) is 99.5 Å². The van der Waals surface area contributed by atoms with Crippen molar-refractivity contribution in [2.75, 3.05) is 83.1 Å². The SMILES string of the molecule is C.O=C1c2cc3ccccc3cc2NCC1CN1CCCCC1.O=C1c2cc3ccccc3cc2OCC1CN1CCCCC1.O=C1c2cc3ccccc3cc2SCC1CN1CCCCC1. The first-order valence-corrected chi connectivity index (χ1v) is 25.8. The van der Waals surface area contributed by atoms with Crippen molar-refractivity contribution in [3.05, 3.63) is 126 Å². The van der Waals surface area contributed by atoms with Crippen LogP contribution in [0.2, 0.25) is 0 Å². The van der Waals surface area contributed by atoms with Gasteiger partial charge in [-0.2, -0.15) is 0 Å². The van der Waals surface area contributed by atoms with Gasteiger partial charge in [0, 0.05) is 59.6 Å². The minimum absolute atomic E-state index is 0. The Hall–Kier alpha value is -5.06. The number of anilines is 1. The van der Waals surface area contributed by atoms with Crippen molar-refractivity contribution < 1.29 is 19.1 Å². The number of hydrogen-bond donors (Lipinski definition) is 1. The number of nitrogens with zero attached hydrogens (tertiary/aromatic N) is 3. The maximum absolute atomic E-state index is 12.9. The number of benzene rings is 6. The summed E-state index contributed by atoms with van der Waals surface area (Å²) in [6, 6.07) is 37.2. The summed E-state index contributed by atoms with van der Waals surface area (Å²) in [7, 11) is 0. The van der Waals surface area contributed by atoms with Crippen molar-refractivity contribution in [3.8, 4) is 5.75 Å². The van der Waals surface area contributed by atoms with Gasteiger partial charge in [-0.05, 0) is 147 Å². The van der Waals surface area contributed by atoms with Crippen molar-refractivity contribution in [1.29, 1.82) is 0 Å². The predicted octanol–water partition coefficient (Wildman–Crippen LogP) is 11.9. The lowest BCUT2D eigenvalue weighted by molar-refractivity contribution is 0.0752. The number of thioether (sulfide) groups is 1. The van der Waals surface area contributed by atoms with Crippen LogP contribution in [-0.4, -0.2) is 110 Å². The number of fused-ring (bicyclic) bond motifs is 6. The van der Waals surface area contributed by atoms with E-state index in [4.69, 9.17) is 4.74 Å². The largest absolute Gasteiger partial charge is 0.492 e. The van der Waals surface area contributed by atoms with Crippen LogP contribution in [0.25, 0.3) is 32.3 Å². The van der Waals surface area contributed by atoms with E-state index in [0.717, 1.165) is 102 Å². The molecule has 0 bridgehead atoms. The summed E-state index contributed by atoms with van der Waals surface area (Å²) in [4.78, 5) is 47.1. The number of ketones is 3. The highest BCUT2D eigenvalue weighted by atomic mass is 32.2. The van der Waals surface area contributed by atoms with Crippen molar-refractivity contribution in [2.45, 2.75) is 70.1 Å². The molecule has 3 atom stereocenters. The zero-order valence-electron chi connectivity index (χ0n) is 38.4. The van der Waals surface area contributed by atoms with Gasteiger partial charge in [0.05, 0.1) is 24.0 Å². The molecule has 12 rings (SSSR count). The molecule has 6 heterocycles. The van der Waals surface area contributed by atoms with Crippen molar-refractivity contribution in [3.63, 3.8) is 0 Å². The van der Waals surface area contributed by atoms with Crippen LogP contribution in [0.3, 0.4) is 0 Å². The molecule has 350 valence electrons. The third-order valence-corrected chi connectivity index (χ3v) is 15.9. The number of piperidine rings is 3. The van der Waals surface area contributed by atoms with Crippen molar-refractivity contribution in [2.24, 2.45) is 17.8 Å². The van der Waals surface area contributed by atoms with E-state index in [2.05, 4.69) is 86.7 Å². The normalized spacial score (nSPS) is 22.1. The zero-order valence-corrected chi connectivity index (χ0v) is 39.2. The van der Waals surface area contributed by atoms with E-state index < -0.39 is 0 Å². The summed E-state index contributed by atoms with van der Waals surface area (Å²) in [6.45, 7) is 10.8. The summed E-state index contributed by atoms with van der Waals surface area (Å²) in [5, 5.41) is 10.5. The maximum atomic E-state index is 12.9. The van der Waals surface area contributed by atoms with Gasteiger partial charge in [-0.25, -0.2) is 0 Å². The van der Waals surface area contributed by atoms with Gasteiger partial charge < -0.3 is 24.8 Å². The number of carbonyl (C=O) groups excluding carboxylic acids is 3. The topological polar surface area (TPSA) is 82.2 Å². The molecule has 3 fully saturated rings. The van der Waals surface area contributed by atoms with E-state index in [1.807, 2.05) is 54.2 Å². The molecule has 3 saturated heterocycles. The van der Waals surface area contributed by atoms with Gasteiger partial charge in [0.15, 0.2) is 17.3 Å². The Morgan fingerprint density at radius 1 is 0.478 bits per heavy atom. The van der Waals surface area contributed by atoms with Crippen molar-refractivity contribution >= 4 is 67.1 Å². The smallest absolute Gasteiger partial charge is 0.174 e. The molecule has 0 aromatic heterocycles. The summed E-state index contributed by atoms with van der Waals surface area (Å²) in [5.41, 5.74) is 3.56. The fraction of sp³-hybridized carbons (Fsp3) is 0.431. The number of rotatable bonds is 6. The Balaban J connectivity index is 0.000000125. The molecule has 0 amide bonds. The lowest BCUT2D eigenvalue weighted by Gasteiger charge is -2.32. The Labute approximate surface area is 401 Å². The van der Waals surface area contributed by atoms with Crippen molar-refractivity contribution in [1.82, 2.24) is 14.7 Å². The second-order valence-corrected chi connectivity index (χ2v) is 20.5. The molecule has 6 aromatic rings. The molecular formula is C58H68N4O4S. The Morgan fingerprint density at radius 3 is 1.45 bits per heavy atom. The van der Waals surface area contributed by atoms with Crippen LogP contribution in [0.15, 0.2) is 114 Å². The first-order valence-electron chi connectivity index (χ1n) is 24.8. The van der Waals surface area contributed by atoms with Gasteiger partial charge in [0.1, 0.15) is 5.75 Å². The van der Waals surface area contributed by atoms with Crippen LogP contribution in [0.5, 0.6) is 5.75 Å². The average molecular weight is 917 g/mol. The van der Waals surface area contributed by atoms with Crippen LogP contribution in [0.1, 0.15) is 96.3 Å². The molecule has 8 nitrogen and oxygen atoms in total. The molecule has 0 aliphatic carbocycles. The number of nitrogens with one attached hydrogen (secondary N) is 1. The van der Waals surface area contributed by atoms with Crippen LogP contribution >= 0.6 is 11.8 Å². The maximum Gasteiger partial charge on any atom is 0.174 e. The van der Waals surface area contributed by atoms with Gasteiger partial charge in [-0.3, -0.25) is 14.4 Å². The fourth-order valence-corrected chi connectivity index (χ4v) is 12.1. The molecule has 6 aromatic carbocycles. The third kappa shape index (κ3) is 11.0. The number of hydrogen-bond acceptors (Lipinski definition) is 9. The van der Waals surface area contributed by atoms with Crippen LogP contribution in [0, 0.1) is 17.8 Å². The molecule has 0 radical (unpaired) electrons. The minimum atomic E-state index is -0.0215. The lowest BCUT2D eigenvalue weighted by Crippen LogP contribution is -2.41. The molecule has 1 N–H and O–H groups in total. The summed E-state index contributed by atoms with van der Waals surface area (Å²) in [5.74, 6) is 2.82. The average Bonchev–Trinajstić information content (AvgIpc) is 3.37. The standard InChI is InChI=1S/C19H22N2O.C19H21NO2.C19H21NOS.CH4/c22-19-16(13-21-8-4-1-5-9-21)12-20-18-11-15-7-3-2-6-14(15)10-17(18)19;2*21-19-16(12-20-8-4-1-5-9-20)13-22-18-11-15-7-3-2-6-14(15)10-17(18)19;/h2-3,6-7,10-11,16,20H,1,4-5,8-9,12-13H2;2*2-3,6-7,10-11,16H,1,4-5,8-9,12-13H2;1H4. The molecule has 6 aliphatic rings. The Morgan fingerprint density at radius 2 is 0.896 bits per heavy atom. The monoisotopic (exact) mass is 916 g/mol.